The molecule has 0 saturated carbocycles. The molecule has 0 radical (unpaired) electrons. The second kappa shape index (κ2) is 7.31. The van der Waals surface area contributed by atoms with Crippen LogP contribution in [0.3, 0.4) is 0 Å². The Bertz CT molecular complexity index is 946. The van der Waals surface area contributed by atoms with Gasteiger partial charge in [-0.3, -0.25) is 0 Å². The molecule has 0 spiro atoms. The van der Waals surface area contributed by atoms with Gasteiger partial charge in [0.25, 0.3) is 0 Å². The molecule has 2 atom stereocenters. The highest BCUT2D eigenvalue weighted by Crippen LogP contribution is 2.33. The topological polar surface area (TPSA) is 43.8 Å². The Balaban J connectivity index is 2.15. The van der Waals surface area contributed by atoms with E-state index in [4.69, 9.17) is 5.73 Å². The van der Waals surface area contributed by atoms with Gasteiger partial charge in [0.2, 0.25) is 0 Å². The molecule has 0 aliphatic carbocycles. The number of fused-ring (bicyclic) bond motifs is 1. The van der Waals surface area contributed by atoms with E-state index in [1.165, 1.54) is 18.2 Å². The zero-order chi connectivity index (χ0) is 19.8. The van der Waals surface area contributed by atoms with Crippen LogP contribution >= 0.6 is 0 Å². The highest BCUT2D eigenvalue weighted by atomic mass is 19.4. The lowest BCUT2D eigenvalue weighted by atomic mass is 9.99. The summed E-state index contributed by atoms with van der Waals surface area (Å²) in [6.07, 6.45) is -3.64. The lowest BCUT2D eigenvalue weighted by Crippen LogP contribution is -2.23. The van der Waals surface area contributed by atoms with Gasteiger partial charge in [-0.05, 0) is 41.8 Å². The van der Waals surface area contributed by atoms with Gasteiger partial charge in [-0.15, -0.1) is 0 Å². The number of imidazole rings is 1. The number of rotatable bonds is 5. The van der Waals surface area contributed by atoms with Crippen LogP contribution in [0.4, 0.5) is 17.6 Å². The summed E-state index contributed by atoms with van der Waals surface area (Å²) < 4.78 is 54.5. The van der Waals surface area contributed by atoms with E-state index in [1.54, 1.807) is 16.7 Å². The van der Waals surface area contributed by atoms with Crippen molar-refractivity contribution in [2.45, 2.75) is 39.0 Å². The number of halogens is 4. The largest absolute Gasteiger partial charge is 0.416 e. The SMILES string of the molecule is CCC(C)[C@H](N)c1nc2cc(C(F)(F)F)ccc2n1Cc1cccc(F)c1. The molecule has 3 aromatic rings. The number of hydrogen-bond donors (Lipinski definition) is 1. The van der Waals surface area contributed by atoms with Crippen molar-refractivity contribution in [3.05, 3.63) is 65.2 Å². The van der Waals surface area contributed by atoms with Crippen LogP contribution in [0.5, 0.6) is 0 Å². The zero-order valence-electron chi connectivity index (χ0n) is 15.1. The molecule has 1 heterocycles. The van der Waals surface area contributed by atoms with Gasteiger partial charge in [0.1, 0.15) is 11.6 Å². The fourth-order valence-electron chi connectivity index (χ4n) is 3.07. The molecule has 0 aliphatic heterocycles. The quantitative estimate of drug-likeness (QED) is 0.612. The van der Waals surface area contributed by atoms with E-state index in [9.17, 15) is 17.6 Å². The van der Waals surface area contributed by atoms with Crippen LogP contribution in [-0.2, 0) is 12.7 Å². The maximum Gasteiger partial charge on any atom is 0.416 e. The van der Waals surface area contributed by atoms with Crippen molar-refractivity contribution >= 4 is 11.0 Å². The molecule has 0 fully saturated rings. The number of hydrogen-bond acceptors (Lipinski definition) is 2. The summed E-state index contributed by atoms with van der Waals surface area (Å²) in [4.78, 5) is 4.42. The molecule has 0 aliphatic rings. The molecule has 7 heteroatoms. The lowest BCUT2D eigenvalue weighted by Gasteiger charge is -2.20. The zero-order valence-corrected chi connectivity index (χ0v) is 15.1. The molecule has 0 saturated heterocycles. The maximum absolute atomic E-state index is 13.6. The van der Waals surface area contributed by atoms with Crippen molar-refractivity contribution in [3.8, 4) is 0 Å². The Kier molecular flexibility index (Phi) is 5.24. The first kappa shape index (κ1) is 19.4. The van der Waals surface area contributed by atoms with Crippen molar-refractivity contribution in [1.29, 1.82) is 0 Å². The fourth-order valence-corrected chi connectivity index (χ4v) is 3.07. The van der Waals surface area contributed by atoms with E-state index < -0.39 is 17.8 Å². The third kappa shape index (κ3) is 3.98. The molecule has 2 N–H and O–H groups in total. The minimum atomic E-state index is -4.44. The van der Waals surface area contributed by atoms with Gasteiger partial charge in [-0.2, -0.15) is 13.2 Å². The molecule has 2 aromatic carbocycles. The Morgan fingerprint density at radius 3 is 2.52 bits per heavy atom. The minimum Gasteiger partial charge on any atom is -0.322 e. The highest BCUT2D eigenvalue weighted by Gasteiger charge is 2.31. The molecule has 1 aromatic heterocycles. The summed E-state index contributed by atoms with van der Waals surface area (Å²) in [5.74, 6) is 0.224. The monoisotopic (exact) mass is 379 g/mol. The molecule has 0 bridgehead atoms. The number of benzene rings is 2. The molecular weight excluding hydrogens is 358 g/mol. The first-order chi connectivity index (χ1) is 12.7. The van der Waals surface area contributed by atoms with Gasteiger partial charge in [0.15, 0.2) is 0 Å². The molecular formula is C20H21F4N3. The second-order valence-corrected chi connectivity index (χ2v) is 6.80. The predicted molar refractivity (Wildman–Crippen MR) is 96.6 cm³/mol. The van der Waals surface area contributed by atoms with Crippen LogP contribution in [0.15, 0.2) is 42.5 Å². The Hall–Kier alpha value is -2.41. The van der Waals surface area contributed by atoms with Gasteiger partial charge in [0, 0.05) is 6.54 Å². The number of aromatic nitrogens is 2. The van der Waals surface area contributed by atoms with Crippen molar-refractivity contribution < 1.29 is 17.6 Å². The summed E-state index contributed by atoms with van der Waals surface area (Å²) in [5.41, 5.74) is 7.05. The second-order valence-electron chi connectivity index (χ2n) is 6.80. The Morgan fingerprint density at radius 2 is 1.89 bits per heavy atom. The highest BCUT2D eigenvalue weighted by molar-refractivity contribution is 5.77. The van der Waals surface area contributed by atoms with Crippen molar-refractivity contribution in [3.63, 3.8) is 0 Å². The molecule has 3 nitrogen and oxygen atoms in total. The lowest BCUT2D eigenvalue weighted by molar-refractivity contribution is -0.137. The third-order valence-electron chi connectivity index (χ3n) is 4.89. The van der Waals surface area contributed by atoms with Crippen molar-refractivity contribution in [2.24, 2.45) is 11.7 Å². The van der Waals surface area contributed by atoms with Gasteiger partial charge in [-0.25, -0.2) is 9.37 Å². The fraction of sp³-hybridized carbons (Fsp3) is 0.350. The Labute approximate surface area is 154 Å². The van der Waals surface area contributed by atoms with E-state index in [0.29, 0.717) is 16.9 Å². The van der Waals surface area contributed by atoms with Crippen LogP contribution < -0.4 is 5.73 Å². The molecule has 3 rings (SSSR count). The van der Waals surface area contributed by atoms with Gasteiger partial charge >= 0.3 is 6.18 Å². The first-order valence-electron chi connectivity index (χ1n) is 8.78. The van der Waals surface area contributed by atoms with Crippen LogP contribution in [0.1, 0.15) is 43.3 Å². The minimum absolute atomic E-state index is 0.0927. The standard InChI is InChI=1S/C20H21F4N3/c1-3-12(2)18(25)19-26-16-10-14(20(22,23)24)7-8-17(16)27(19)11-13-5-4-6-15(21)9-13/h4-10,12,18H,3,11,25H2,1-2H3/t12?,18-/m0/s1. The third-order valence-corrected chi connectivity index (χ3v) is 4.89. The number of nitrogens with zero attached hydrogens (tertiary/aromatic N) is 2. The van der Waals surface area contributed by atoms with Crippen LogP contribution in [-0.4, -0.2) is 9.55 Å². The normalized spacial score (nSPS) is 14.5. The summed E-state index contributed by atoms with van der Waals surface area (Å²) in [5, 5.41) is 0. The van der Waals surface area contributed by atoms with Gasteiger partial charge < -0.3 is 10.3 Å². The average molecular weight is 379 g/mol. The van der Waals surface area contributed by atoms with E-state index in [2.05, 4.69) is 4.98 Å². The predicted octanol–water partition coefficient (Wildman–Crippen LogP) is 5.29. The van der Waals surface area contributed by atoms with Crippen molar-refractivity contribution in [1.82, 2.24) is 9.55 Å². The maximum atomic E-state index is 13.6. The smallest absolute Gasteiger partial charge is 0.322 e. The first-order valence-corrected chi connectivity index (χ1v) is 8.78. The number of nitrogens with two attached hydrogens (primary N) is 1. The molecule has 1 unspecified atom stereocenters. The van der Waals surface area contributed by atoms with E-state index in [-0.39, 0.29) is 23.8 Å². The van der Waals surface area contributed by atoms with Crippen LogP contribution in [0, 0.1) is 11.7 Å². The van der Waals surface area contributed by atoms with Crippen LogP contribution in [0.25, 0.3) is 11.0 Å². The summed E-state index contributed by atoms with van der Waals surface area (Å²) >= 11 is 0. The van der Waals surface area contributed by atoms with Crippen molar-refractivity contribution in [2.75, 3.05) is 0 Å². The summed E-state index contributed by atoms with van der Waals surface area (Å²) in [7, 11) is 0. The van der Waals surface area contributed by atoms with Gasteiger partial charge in [-0.1, -0.05) is 32.4 Å². The summed E-state index contributed by atoms with van der Waals surface area (Å²) in [6.45, 7) is 4.24. The van der Waals surface area contributed by atoms with Crippen LogP contribution in [0.2, 0.25) is 0 Å². The summed E-state index contributed by atoms with van der Waals surface area (Å²) in [6, 6.07) is 9.12. The molecule has 0 amide bonds. The van der Waals surface area contributed by atoms with E-state index >= 15 is 0 Å². The average Bonchev–Trinajstić information content (AvgIpc) is 2.97. The van der Waals surface area contributed by atoms with Gasteiger partial charge in [0.05, 0.1) is 22.6 Å². The van der Waals surface area contributed by atoms with E-state index in [1.807, 2.05) is 13.8 Å². The Morgan fingerprint density at radius 1 is 1.15 bits per heavy atom. The van der Waals surface area contributed by atoms with E-state index in [0.717, 1.165) is 18.6 Å². The number of alkyl halides is 3. The molecule has 27 heavy (non-hydrogen) atoms. The molecule has 144 valence electrons.